The molecule has 0 bridgehead atoms. The first-order chi connectivity index (χ1) is 11.9. The predicted molar refractivity (Wildman–Crippen MR) is 87.6 cm³/mol. The molecule has 1 aromatic rings. The Balaban J connectivity index is 2.04. The molecule has 1 aromatic carbocycles. The van der Waals surface area contributed by atoms with Gasteiger partial charge in [-0.1, -0.05) is 42.5 Å². The molecule has 0 saturated heterocycles. The summed E-state index contributed by atoms with van der Waals surface area (Å²) in [4.78, 5) is 39.6. The van der Waals surface area contributed by atoms with Crippen LogP contribution >= 0.6 is 0 Å². The molecule has 8 heteroatoms. The summed E-state index contributed by atoms with van der Waals surface area (Å²) in [5.41, 5.74) is 0.894. The number of benzene rings is 1. The largest absolute Gasteiger partial charge is 0.464 e. The van der Waals surface area contributed by atoms with Crippen LogP contribution in [0.5, 0.6) is 0 Å². The molecule has 3 atom stereocenters. The van der Waals surface area contributed by atoms with Gasteiger partial charge in [-0.15, -0.1) is 0 Å². The minimum absolute atomic E-state index is 0.199. The van der Waals surface area contributed by atoms with Gasteiger partial charge in [-0.05, 0) is 12.0 Å². The fraction of sp³-hybridized carbons (Fsp3) is 0.412. The predicted octanol–water partition coefficient (Wildman–Crippen LogP) is 1.73. The van der Waals surface area contributed by atoms with Crippen molar-refractivity contribution in [3.63, 3.8) is 0 Å². The van der Waals surface area contributed by atoms with Crippen molar-refractivity contribution in [1.29, 1.82) is 0 Å². The summed E-state index contributed by atoms with van der Waals surface area (Å²) in [6, 6.07) is 7.37. The van der Waals surface area contributed by atoms with Crippen molar-refractivity contribution in [3.8, 4) is 0 Å². The highest BCUT2D eigenvalue weighted by Gasteiger charge is 2.43. The maximum atomic E-state index is 11.9. The molecule has 0 spiro atoms. The molecule has 1 amide bonds. The van der Waals surface area contributed by atoms with Gasteiger partial charge < -0.3 is 4.74 Å². The second-order valence-corrected chi connectivity index (χ2v) is 5.71. The van der Waals surface area contributed by atoms with Crippen molar-refractivity contribution < 1.29 is 24.1 Å². The number of hydrogen-bond acceptors (Lipinski definition) is 6. The molecular weight excluding hydrogens is 328 g/mol. The topological polar surface area (TPSA) is 99.0 Å². The third kappa shape index (κ3) is 4.63. The van der Waals surface area contributed by atoms with E-state index in [-0.39, 0.29) is 18.9 Å². The lowest BCUT2D eigenvalue weighted by Gasteiger charge is -2.26. The molecule has 1 aliphatic carbocycles. The molecule has 1 unspecified atom stereocenters. The maximum Gasteiger partial charge on any atom is 0.382 e. The molecule has 25 heavy (non-hydrogen) atoms. The van der Waals surface area contributed by atoms with Gasteiger partial charge in [0.2, 0.25) is 5.91 Å². The van der Waals surface area contributed by atoms with Crippen molar-refractivity contribution in [3.05, 3.63) is 58.2 Å². The van der Waals surface area contributed by atoms with Crippen LogP contribution in [-0.2, 0) is 25.8 Å². The summed E-state index contributed by atoms with van der Waals surface area (Å²) in [7, 11) is 1.11. The van der Waals surface area contributed by atoms with Crippen LogP contribution in [0.1, 0.15) is 18.9 Å². The number of esters is 1. The number of hydroxylamine groups is 2. The van der Waals surface area contributed by atoms with Crippen LogP contribution in [0.15, 0.2) is 42.5 Å². The van der Waals surface area contributed by atoms with Crippen molar-refractivity contribution in [2.75, 3.05) is 7.11 Å². The summed E-state index contributed by atoms with van der Waals surface area (Å²) < 4.78 is 4.51. The number of hydrogen-bond donors (Lipinski definition) is 0. The van der Waals surface area contributed by atoms with E-state index >= 15 is 0 Å². The number of carbonyl (C=O) groups excluding carboxylic acids is 2. The lowest BCUT2D eigenvalue weighted by atomic mass is 9.98. The highest BCUT2D eigenvalue weighted by molar-refractivity contribution is 5.75. The van der Waals surface area contributed by atoms with Gasteiger partial charge in [-0.3, -0.25) is 19.7 Å². The molecule has 2 rings (SSSR count). The van der Waals surface area contributed by atoms with Crippen LogP contribution < -0.4 is 0 Å². The van der Waals surface area contributed by atoms with Gasteiger partial charge in [0.25, 0.3) is 0 Å². The minimum atomic E-state index is -1.49. The Morgan fingerprint density at radius 2 is 2.00 bits per heavy atom. The second kappa shape index (κ2) is 8.39. The number of nitro groups is 1. The van der Waals surface area contributed by atoms with Crippen LogP contribution in [0.3, 0.4) is 0 Å². The number of nitrogens with zero attached hydrogens (tertiary/aromatic N) is 2. The first kappa shape index (κ1) is 18.6. The van der Waals surface area contributed by atoms with Crippen molar-refractivity contribution in [2.24, 2.45) is 5.92 Å². The summed E-state index contributed by atoms with van der Waals surface area (Å²) in [6.07, 6.45) is 3.43. The lowest BCUT2D eigenvalue weighted by Crippen LogP contribution is -2.41. The van der Waals surface area contributed by atoms with E-state index in [9.17, 15) is 19.7 Å². The van der Waals surface area contributed by atoms with E-state index in [2.05, 4.69) is 4.74 Å². The zero-order valence-electron chi connectivity index (χ0n) is 14.0. The molecule has 0 saturated carbocycles. The first-order valence-corrected chi connectivity index (χ1v) is 7.80. The maximum absolute atomic E-state index is 11.9. The Morgan fingerprint density at radius 1 is 1.32 bits per heavy atom. The zero-order valence-corrected chi connectivity index (χ0v) is 14.0. The van der Waals surface area contributed by atoms with Crippen LogP contribution in [0.2, 0.25) is 0 Å². The van der Waals surface area contributed by atoms with Crippen molar-refractivity contribution in [1.82, 2.24) is 5.06 Å². The van der Waals surface area contributed by atoms with E-state index in [1.165, 1.54) is 12.0 Å². The number of rotatable bonds is 7. The molecule has 0 heterocycles. The van der Waals surface area contributed by atoms with Gasteiger partial charge >= 0.3 is 12.0 Å². The number of methoxy groups -OCH3 is 1. The van der Waals surface area contributed by atoms with Gasteiger partial charge in [0.1, 0.15) is 6.61 Å². The average molecular weight is 348 g/mol. The molecule has 0 N–H and O–H groups in total. The standard InChI is InChI=1S/C17H20N2O6/c1-12(20)18(25-11-13-6-4-3-5-7-13)15-9-8-14(10-15)16(19(22)23)17(21)24-2/h3-9,14-16H,10-11H2,1-2H3/t14-,15+,16?/m1/s1. The van der Waals surface area contributed by atoms with Crippen LogP contribution in [0, 0.1) is 16.0 Å². The molecule has 0 radical (unpaired) electrons. The van der Waals surface area contributed by atoms with Crippen molar-refractivity contribution >= 4 is 11.9 Å². The highest BCUT2D eigenvalue weighted by Crippen LogP contribution is 2.28. The van der Waals surface area contributed by atoms with Crippen LogP contribution in [0.4, 0.5) is 0 Å². The van der Waals surface area contributed by atoms with Crippen LogP contribution in [0.25, 0.3) is 0 Å². The smallest absolute Gasteiger partial charge is 0.382 e. The zero-order chi connectivity index (χ0) is 18.4. The van der Waals surface area contributed by atoms with E-state index in [0.717, 1.165) is 12.7 Å². The Kier molecular flexibility index (Phi) is 6.24. The summed E-state index contributed by atoms with van der Waals surface area (Å²) in [5.74, 6) is -1.88. The SMILES string of the molecule is COC(=O)C([C@@H]1C=C[C@H](N(OCc2ccccc2)C(C)=O)C1)[N+](=O)[O-]. The Labute approximate surface area is 145 Å². The Hall–Kier alpha value is -2.74. The van der Waals surface area contributed by atoms with Gasteiger partial charge in [0.15, 0.2) is 0 Å². The van der Waals surface area contributed by atoms with E-state index in [4.69, 9.17) is 4.84 Å². The fourth-order valence-electron chi connectivity index (χ4n) is 2.79. The van der Waals surface area contributed by atoms with E-state index in [0.29, 0.717) is 0 Å². The average Bonchev–Trinajstić information content (AvgIpc) is 3.04. The summed E-state index contributed by atoms with van der Waals surface area (Å²) in [5, 5.41) is 12.4. The van der Waals surface area contributed by atoms with E-state index in [1.54, 1.807) is 12.2 Å². The molecule has 0 fully saturated rings. The molecule has 134 valence electrons. The van der Waals surface area contributed by atoms with E-state index < -0.39 is 28.9 Å². The second-order valence-electron chi connectivity index (χ2n) is 5.71. The highest BCUT2D eigenvalue weighted by atomic mass is 16.7. The van der Waals surface area contributed by atoms with Gasteiger partial charge in [-0.2, -0.15) is 0 Å². The number of carbonyl (C=O) groups is 2. The minimum Gasteiger partial charge on any atom is -0.464 e. The fourth-order valence-corrected chi connectivity index (χ4v) is 2.79. The Bertz CT molecular complexity index is 660. The number of amides is 1. The molecular formula is C17H20N2O6. The van der Waals surface area contributed by atoms with Crippen LogP contribution in [-0.4, -0.2) is 41.1 Å². The third-order valence-corrected chi connectivity index (χ3v) is 3.99. The van der Waals surface area contributed by atoms with E-state index in [1.807, 2.05) is 30.3 Å². The van der Waals surface area contributed by atoms with Gasteiger partial charge in [0, 0.05) is 11.8 Å². The number of ether oxygens (including phenoxy) is 1. The Morgan fingerprint density at radius 3 is 2.56 bits per heavy atom. The third-order valence-electron chi connectivity index (χ3n) is 3.99. The van der Waals surface area contributed by atoms with Crippen molar-refractivity contribution in [2.45, 2.75) is 32.0 Å². The lowest BCUT2D eigenvalue weighted by molar-refractivity contribution is -0.517. The summed E-state index contributed by atoms with van der Waals surface area (Å²) >= 11 is 0. The summed E-state index contributed by atoms with van der Waals surface area (Å²) in [6.45, 7) is 1.56. The first-order valence-electron chi connectivity index (χ1n) is 7.80. The van der Waals surface area contributed by atoms with Gasteiger partial charge in [0.05, 0.1) is 19.1 Å². The quantitative estimate of drug-likeness (QED) is 0.322. The molecule has 0 aliphatic heterocycles. The normalized spacial score (nSPS) is 20.1. The molecule has 1 aliphatic rings. The molecule has 0 aromatic heterocycles. The van der Waals surface area contributed by atoms with Gasteiger partial charge in [-0.25, -0.2) is 9.86 Å². The monoisotopic (exact) mass is 348 g/mol. The molecule has 8 nitrogen and oxygen atoms in total.